The quantitative estimate of drug-likeness (QED) is 0.499. The first-order valence-electron chi connectivity index (χ1n) is 5.15. The van der Waals surface area contributed by atoms with Crippen LogP contribution < -0.4 is 5.73 Å². The summed E-state index contributed by atoms with van der Waals surface area (Å²) in [4.78, 5) is 23.5. The number of Topliss-reactive ketones (excluding diaryl/α,β-unsaturated/α-hetero) is 1. The van der Waals surface area contributed by atoms with Crippen molar-refractivity contribution >= 4 is 62.9 Å². The lowest BCUT2D eigenvalue weighted by Gasteiger charge is -2.20. The second-order valence-electron chi connectivity index (χ2n) is 4.74. The topological polar surface area (TPSA) is 74.3 Å². The SMILES string of the molecule is CC(=O)c1c(I)c(I)n(C(=O)OC(C)(C)C)c1N. The second kappa shape index (κ2) is 5.35. The molecule has 0 saturated carbocycles. The van der Waals surface area contributed by atoms with Gasteiger partial charge in [-0.05, 0) is 72.9 Å². The molecule has 0 bridgehead atoms. The number of nitrogen functional groups attached to an aromatic ring is 1. The predicted octanol–water partition coefficient (Wildman–Crippen LogP) is 3.27. The van der Waals surface area contributed by atoms with Crippen molar-refractivity contribution < 1.29 is 14.3 Å². The van der Waals surface area contributed by atoms with E-state index in [1.807, 2.05) is 45.2 Å². The summed E-state index contributed by atoms with van der Waals surface area (Å²) >= 11 is 3.97. The van der Waals surface area contributed by atoms with Gasteiger partial charge in [0.25, 0.3) is 0 Å². The van der Waals surface area contributed by atoms with E-state index in [1.54, 1.807) is 20.8 Å². The Morgan fingerprint density at radius 3 is 2.11 bits per heavy atom. The third kappa shape index (κ3) is 3.16. The van der Waals surface area contributed by atoms with Gasteiger partial charge in [-0.2, -0.15) is 0 Å². The lowest BCUT2D eigenvalue weighted by Crippen LogP contribution is -2.28. The van der Waals surface area contributed by atoms with Crippen LogP contribution in [0.3, 0.4) is 0 Å². The van der Waals surface area contributed by atoms with Gasteiger partial charge in [0.15, 0.2) is 5.78 Å². The van der Waals surface area contributed by atoms with Crippen molar-refractivity contribution in [1.82, 2.24) is 4.57 Å². The maximum Gasteiger partial charge on any atom is 0.421 e. The van der Waals surface area contributed by atoms with Gasteiger partial charge in [-0.15, -0.1) is 0 Å². The molecule has 0 amide bonds. The molecule has 2 N–H and O–H groups in total. The first-order chi connectivity index (χ1) is 8.06. The molecule has 0 atom stereocenters. The average molecular weight is 476 g/mol. The summed E-state index contributed by atoms with van der Waals surface area (Å²) in [5.41, 5.74) is 5.61. The number of ketones is 1. The molecule has 0 aliphatic heterocycles. The van der Waals surface area contributed by atoms with E-state index in [-0.39, 0.29) is 11.6 Å². The van der Waals surface area contributed by atoms with Crippen LogP contribution >= 0.6 is 45.2 Å². The Hall–Kier alpha value is -0.320. The van der Waals surface area contributed by atoms with Gasteiger partial charge in [0.2, 0.25) is 0 Å². The molecule has 0 saturated heterocycles. The molecule has 0 unspecified atom stereocenters. The molecule has 7 heteroatoms. The molecule has 0 radical (unpaired) electrons. The summed E-state index contributed by atoms with van der Waals surface area (Å²) in [6.07, 6.45) is -0.574. The smallest absolute Gasteiger partial charge is 0.421 e. The summed E-state index contributed by atoms with van der Waals surface area (Å²) < 4.78 is 7.74. The molecule has 18 heavy (non-hydrogen) atoms. The number of hydrogen-bond donors (Lipinski definition) is 1. The fraction of sp³-hybridized carbons (Fsp3) is 0.455. The van der Waals surface area contributed by atoms with Crippen molar-refractivity contribution in [3.63, 3.8) is 0 Å². The predicted molar refractivity (Wildman–Crippen MR) is 85.9 cm³/mol. The Kier molecular flexibility index (Phi) is 4.68. The van der Waals surface area contributed by atoms with Gasteiger partial charge in [0, 0.05) is 0 Å². The Balaban J connectivity index is 3.31. The molecule has 0 aromatic carbocycles. The summed E-state index contributed by atoms with van der Waals surface area (Å²) in [6, 6.07) is 0. The monoisotopic (exact) mass is 476 g/mol. The molecule has 1 aromatic heterocycles. The number of halogens is 2. The largest absolute Gasteiger partial charge is 0.443 e. The summed E-state index contributed by atoms with van der Waals surface area (Å²) in [7, 11) is 0. The Labute approximate surface area is 133 Å². The number of carbonyl (C=O) groups is 2. The maximum absolute atomic E-state index is 12.0. The van der Waals surface area contributed by atoms with Crippen molar-refractivity contribution in [1.29, 1.82) is 0 Å². The van der Waals surface area contributed by atoms with Crippen LogP contribution in [0.25, 0.3) is 0 Å². The van der Waals surface area contributed by atoms with Gasteiger partial charge in [0.1, 0.15) is 15.1 Å². The van der Waals surface area contributed by atoms with E-state index in [9.17, 15) is 9.59 Å². The van der Waals surface area contributed by atoms with Crippen molar-refractivity contribution in [3.05, 3.63) is 12.8 Å². The van der Waals surface area contributed by atoms with Crippen LogP contribution in [0.15, 0.2) is 0 Å². The maximum atomic E-state index is 12.0. The van der Waals surface area contributed by atoms with E-state index >= 15 is 0 Å². The van der Waals surface area contributed by atoms with Gasteiger partial charge < -0.3 is 10.5 Å². The summed E-state index contributed by atoms with van der Waals surface area (Å²) in [6.45, 7) is 6.74. The zero-order valence-corrected chi connectivity index (χ0v) is 14.8. The minimum Gasteiger partial charge on any atom is -0.443 e. The number of nitrogens with two attached hydrogens (primary N) is 1. The van der Waals surface area contributed by atoms with Gasteiger partial charge in [-0.3, -0.25) is 4.79 Å². The van der Waals surface area contributed by atoms with Crippen LogP contribution in [0.4, 0.5) is 10.6 Å². The Morgan fingerprint density at radius 1 is 1.28 bits per heavy atom. The number of carbonyl (C=O) groups excluding carboxylic acids is 2. The first-order valence-corrected chi connectivity index (χ1v) is 7.31. The van der Waals surface area contributed by atoms with E-state index in [2.05, 4.69) is 0 Å². The molecule has 0 fully saturated rings. The lowest BCUT2D eigenvalue weighted by atomic mass is 10.2. The number of aromatic nitrogens is 1. The van der Waals surface area contributed by atoms with E-state index in [0.29, 0.717) is 12.8 Å². The Bertz CT molecular complexity index is 515. The summed E-state index contributed by atoms with van der Waals surface area (Å²) in [5, 5.41) is 0. The number of rotatable bonds is 1. The minimum absolute atomic E-state index is 0.130. The third-order valence-electron chi connectivity index (χ3n) is 2.02. The van der Waals surface area contributed by atoms with E-state index in [0.717, 1.165) is 0 Å². The first kappa shape index (κ1) is 15.7. The van der Waals surface area contributed by atoms with Crippen molar-refractivity contribution in [2.75, 3.05) is 5.73 Å². The van der Waals surface area contributed by atoms with Gasteiger partial charge in [0.05, 0.1) is 9.13 Å². The second-order valence-corrected chi connectivity index (χ2v) is 6.84. The number of nitrogens with zero attached hydrogens (tertiary/aromatic N) is 1. The molecule has 1 rings (SSSR count). The molecule has 0 spiro atoms. The summed E-state index contributed by atoms with van der Waals surface area (Å²) in [5.74, 6) is -0.0392. The lowest BCUT2D eigenvalue weighted by molar-refractivity contribution is 0.0537. The molecule has 1 aromatic rings. The van der Waals surface area contributed by atoms with E-state index < -0.39 is 11.7 Å². The van der Waals surface area contributed by atoms with Crippen LogP contribution in [-0.4, -0.2) is 22.0 Å². The fourth-order valence-electron chi connectivity index (χ4n) is 1.35. The zero-order valence-electron chi connectivity index (χ0n) is 10.5. The van der Waals surface area contributed by atoms with Gasteiger partial charge in [-0.1, -0.05) is 0 Å². The molecular weight excluding hydrogens is 462 g/mol. The molecule has 0 aliphatic carbocycles. The molecule has 100 valence electrons. The molecule has 0 aliphatic rings. The average Bonchev–Trinajstić information content (AvgIpc) is 2.34. The molecule has 5 nitrogen and oxygen atoms in total. The highest BCUT2D eigenvalue weighted by molar-refractivity contribution is 14.1. The van der Waals surface area contributed by atoms with Crippen molar-refractivity contribution in [2.24, 2.45) is 0 Å². The van der Waals surface area contributed by atoms with E-state index in [1.165, 1.54) is 11.5 Å². The standard InChI is InChI=1S/C11H14I2N2O3/c1-5(16)6-7(12)8(13)15(9(6)14)10(17)18-11(2,3)4/h14H2,1-4H3. The fourth-order valence-corrected chi connectivity index (χ4v) is 2.98. The highest BCUT2D eigenvalue weighted by Gasteiger charge is 2.27. The molecule has 1 heterocycles. The van der Waals surface area contributed by atoms with Gasteiger partial charge >= 0.3 is 6.09 Å². The van der Waals surface area contributed by atoms with Crippen LogP contribution in [0.2, 0.25) is 0 Å². The van der Waals surface area contributed by atoms with E-state index in [4.69, 9.17) is 10.5 Å². The van der Waals surface area contributed by atoms with Crippen LogP contribution in [-0.2, 0) is 4.74 Å². The minimum atomic E-state index is -0.612. The van der Waals surface area contributed by atoms with Crippen LogP contribution in [0.1, 0.15) is 38.1 Å². The number of hydrogen-bond acceptors (Lipinski definition) is 4. The van der Waals surface area contributed by atoms with Gasteiger partial charge in [-0.25, -0.2) is 9.36 Å². The highest BCUT2D eigenvalue weighted by atomic mass is 127. The zero-order chi connectivity index (χ0) is 14.2. The van der Waals surface area contributed by atoms with Crippen molar-refractivity contribution in [2.45, 2.75) is 33.3 Å². The molecular formula is C11H14I2N2O3. The van der Waals surface area contributed by atoms with Crippen LogP contribution in [0.5, 0.6) is 0 Å². The third-order valence-corrected chi connectivity index (χ3v) is 5.13. The van der Waals surface area contributed by atoms with Crippen molar-refractivity contribution in [3.8, 4) is 0 Å². The normalized spacial score (nSPS) is 11.4. The number of anilines is 1. The highest BCUT2D eigenvalue weighted by Crippen LogP contribution is 2.29. The Morgan fingerprint density at radius 2 is 1.78 bits per heavy atom. The van der Waals surface area contributed by atoms with Crippen LogP contribution in [0, 0.1) is 7.27 Å². The number of ether oxygens (including phenoxy) is 1.